The monoisotopic (exact) mass is 282 g/mol. The minimum absolute atomic E-state index is 0.531. The van der Waals surface area contributed by atoms with Crippen molar-refractivity contribution in [3.8, 4) is 5.69 Å². The first-order chi connectivity index (χ1) is 9.74. The number of aromatic nitrogens is 4. The highest BCUT2D eigenvalue weighted by atomic mass is 32.1. The molecule has 0 radical (unpaired) electrons. The molecule has 1 N–H and O–H groups in total. The Morgan fingerprint density at radius 2 is 2.10 bits per heavy atom. The van der Waals surface area contributed by atoms with Crippen molar-refractivity contribution in [1.82, 2.24) is 19.7 Å². The summed E-state index contributed by atoms with van der Waals surface area (Å²) in [6, 6.07) is 10.3. The van der Waals surface area contributed by atoms with Crippen molar-refractivity contribution in [2.24, 2.45) is 0 Å². The summed E-state index contributed by atoms with van der Waals surface area (Å²) >= 11 is 5.41. The van der Waals surface area contributed by atoms with Crippen LogP contribution >= 0.6 is 12.2 Å². The molecule has 5 heteroatoms. The summed E-state index contributed by atoms with van der Waals surface area (Å²) in [5, 5.41) is 8.45. The minimum Gasteiger partial charge on any atom is -0.270 e. The van der Waals surface area contributed by atoms with E-state index in [0.717, 1.165) is 28.1 Å². The molecule has 0 amide bonds. The van der Waals surface area contributed by atoms with Crippen LogP contribution in [0.2, 0.25) is 0 Å². The number of H-pyrrole nitrogens is 1. The smallest absolute Gasteiger partial charge is 0.199 e. The Bertz CT molecular complexity index is 858. The number of para-hydroxylation sites is 1. The molecule has 0 bridgehead atoms. The van der Waals surface area contributed by atoms with Crippen LogP contribution in [0.15, 0.2) is 30.3 Å². The Labute approximate surface area is 121 Å². The number of aromatic amines is 1. The molecule has 0 aliphatic heterocycles. The van der Waals surface area contributed by atoms with Crippen LogP contribution in [-0.2, 0) is 0 Å². The molecule has 2 heterocycles. The van der Waals surface area contributed by atoms with Gasteiger partial charge < -0.3 is 0 Å². The van der Waals surface area contributed by atoms with Gasteiger partial charge in [-0.3, -0.25) is 14.6 Å². The molecule has 20 heavy (non-hydrogen) atoms. The standard InChI is InChI=1S/C15H14N4S/c1-9-5-6-10-3-2-4-12(13(10)16-9)19-14(11-7-8-11)17-18-15(19)20/h2-6,11H,7-8H2,1H3,(H,18,20). The Balaban J connectivity index is 2.05. The van der Waals surface area contributed by atoms with Crippen LogP contribution in [0.4, 0.5) is 0 Å². The molecule has 4 rings (SSSR count). The van der Waals surface area contributed by atoms with E-state index in [1.54, 1.807) is 0 Å². The number of fused-ring (bicyclic) bond motifs is 1. The van der Waals surface area contributed by atoms with Gasteiger partial charge >= 0.3 is 0 Å². The lowest BCUT2D eigenvalue weighted by Gasteiger charge is -2.09. The fourth-order valence-electron chi connectivity index (χ4n) is 2.57. The number of aryl methyl sites for hydroxylation is 1. The zero-order valence-corrected chi connectivity index (χ0v) is 11.9. The molecule has 0 spiro atoms. The van der Waals surface area contributed by atoms with Crippen molar-refractivity contribution in [3.63, 3.8) is 0 Å². The summed E-state index contributed by atoms with van der Waals surface area (Å²) in [5.74, 6) is 1.56. The van der Waals surface area contributed by atoms with Crippen molar-refractivity contribution in [2.75, 3.05) is 0 Å². The number of nitrogens with zero attached hydrogens (tertiary/aromatic N) is 3. The lowest BCUT2D eigenvalue weighted by atomic mass is 10.1. The van der Waals surface area contributed by atoms with Crippen LogP contribution in [0.5, 0.6) is 0 Å². The Hall–Kier alpha value is -2.01. The molecule has 1 saturated carbocycles. The van der Waals surface area contributed by atoms with Gasteiger partial charge in [-0.15, -0.1) is 0 Å². The van der Waals surface area contributed by atoms with E-state index in [9.17, 15) is 0 Å². The maximum atomic E-state index is 5.41. The SMILES string of the molecule is Cc1ccc2cccc(-n3c(C4CC4)n[nH]c3=S)c2n1. The fourth-order valence-corrected chi connectivity index (χ4v) is 2.80. The molecule has 0 saturated heterocycles. The Kier molecular flexibility index (Phi) is 2.50. The highest BCUT2D eigenvalue weighted by molar-refractivity contribution is 7.71. The van der Waals surface area contributed by atoms with E-state index in [1.807, 2.05) is 23.6 Å². The van der Waals surface area contributed by atoms with E-state index in [4.69, 9.17) is 12.2 Å². The van der Waals surface area contributed by atoms with E-state index < -0.39 is 0 Å². The normalized spacial score (nSPS) is 14.8. The molecule has 100 valence electrons. The van der Waals surface area contributed by atoms with Crippen molar-refractivity contribution in [3.05, 3.63) is 46.6 Å². The Morgan fingerprint density at radius 1 is 1.25 bits per heavy atom. The second-order valence-electron chi connectivity index (χ2n) is 5.30. The molecular formula is C15H14N4S. The van der Waals surface area contributed by atoms with E-state index in [2.05, 4.69) is 33.4 Å². The quantitative estimate of drug-likeness (QED) is 0.730. The molecular weight excluding hydrogens is 268 g/mol. The first-order valence-electron chi connectivity index (χ1n) is 6.78. The predicted octanol–water partition coefficient (Wildman–Crippen LogP) is 3.66. The third kappa shape index (κ3) is 1.78. The van der Waals surface area contributed by atoms with Gasteiger partial charge in [0.2, 0.25) is 0 Å². The fraction of sp³-hybridized carbons (Fsp3) is 0.267. The zero-order valence-electron chi connectivity index (χ0n) is 11.1. The first-order valence-corrected chi connectivity index (χ1v) is 7.19. The second kappa shape index (κ2) is 4.24. The van der Waals surface area contributed by atoms with Crippen molar-refractivity contribution >= 4 is 23.1 Å². The molecule has 1 aromatic carbocycles. The molecule has 4 nitrogen and oxygen atoms in total. The van der Waals surface area contributed by atoms with Crippen LogP contribution in [-0.4, -0.2) is 19.7 Å². The number of pyridine rings is 1. The number of hydrogen-bond acceptors (Lipinski definition) is 3. The molecule has 3 aromatic rings. The lowest BCUT2D eigenvalue weighted by Crippen LogP contribution is -2.02. The van der Waals surface area contributed by atoms with Gasteiger partial charge in [0.05, 0.1) is 11.2 Å². The summed E-state index contributed by atoms with van der Waals surface area (Å²) in [7, 11) is 0. The van der Waals surface area contributed by atoms with Gasteiger partial charge in [0.25, 0.3) is 0 Å². The largest absolute Gasteiger partial charge is 0.270 e. The number of rotatable bonds is 2. The molecule has 2 aromatic heterocycles. The topological polar surface area (TPSA) is 46.5 Å². The maximum Gasteiger partial charge on any atom is 0.199 e. The van der Waals surface area contributed by atoms with E-state index in [1.165, 1.54) is 12.8 Å². The van der Waals surface area contributed by atoms with Gasteiger partial charge in [-0.05, 0) is 44.1 Å². The van der Waals surface area contributed by atoms with Gasteiger partial charge in [-0.25, -0.2) is 0 Å². The first kappa shape index (κ1) is 11.8. The van der Waals surface area contributed by atoms with Crippen LogP contribution in [0.1, 0.15) is 30.3 Å². The van der Waals surface area contributed by atoms with E-state index in [-0.39, 0.29) is 0 Å². The van der Waals surface area contributed by atoms with Crippen LogP contribution in [0.25, 0.3) is 16.6 Å². The zero-order chi connectivity index (χ0) is 13.7. The van der Waals surface area contributed by atoms with Crippen LogP contribution in [0, 0.1) is 11.7 Å². The summed E-state index contributed by atoms with van der Waals surface area (Å²) in [6.45, 7) is 2.01. The van der Waals surface area contributed by atoms with Crippen LogP contribution < -0.4 is 0 Å². The lowest BCUT2D eigenvalue weighted by molar-refractivity contribution is 0.871. The van der Waals surface area contributed by atoms with E-state index >= 15 is 0 Å². The Morgan fingerprint density at radius 3 is 2.90 bits per heavy atom. The molecule has 1 aliphatic carbocycles. The second-order valence-corrected chi connectivity index (χ2v) is 5.68. The molecule has 0 unspecified atom stereocenters. The molecule has 0 atom stereocenters. The number of hydrogen-bond donors (Lipinski definition) is 1. The summed E-state index contributed by atoms with van der Waals surface area (Å²) in [6.07, 6.45) is 2.38. The van der Waals surface area contributed by atoms with Gasteiger partial charge in [-0.1, -0.05) is 18.2 Å². The average Bonchev–Trinajstić information content (AvgIpc) is 3.22. The van der Waals surface area contributed by atoms with Crippen molar-refractivity contribution in [2.45, 2.75) is 25.7 Å². The third-order valence-corrected chi connectivity index (χ3v) is 3.99. The predicted molar refractivity (Wildman–Crippen MR) is 80.8 cm³/mol. The van der Waals surface area contributed by atoms with E-state index in [0.29, 0.717) is 10.7 Å². The highest BCUT2D eigenvalue weighted by Gasteiger charge is 2.29. The van der Waals surface area contributed by atoms with Gasteiger partial charge in [-0.2, -0.15) is 5.10 Å². The van der Waals surface area contributed by atoms with Gasteiger partial charge in [0, 0.05) is 17.0 Å². The summed E-state index contributed by atoms with van der Waals surface area (Å²) in [5.41, 5.74) is 3.01. The van der Waals surface area contributed by atoms with Crippen molar-refractivity contribution in [1.29, 1.82) is 0 Å². The molecule has 1 fully saturated rings. The molecule has 1 aliphatic rings. The summed E-state index contributed by atoms with van der Waals surface area (Å²) < 4.78 is 2.68. The van der Waals surface area contributed by atoms with Crippen LogP contribution in [0.3, 0.4) is 0 Å². The highest BCUT2D eigenvalue weighted by Crippen LogP contribution is 2.40. The van der Waals surface area contributed by atoms with Crippen molar-refractivity contribution < 1.29 is 0 Å². The van der Waals surface area contributed by atoms with Gasteiger partial charge in [0.15, 0.2) is 4.77 Å². The maximum absolute atomic E-state index is 5.41. The summed E-state index contributed by atoms with van der Waals surface area (Å²) in [4.78, 5) is 4.68. The number of benzene rings is 1. The van der Waals surface area contributed by atoms with Gasteiger partial charge in [0.1, 0.15) is 5.82 Å². The average molecular weight is 282 g/mol. The number of nitrogens with one attached hydrogen (secondary N) is 1. The minimum atomic E-state index is 0.531. The third-order valence-electron chi connectivity index (χ3n) is 3.72.